The van der Waals surface area contributed by atoms with Crippen molar-refractivity contribution in [2.75, 3.05) is 18.8 Å². The lowest BCUT2D eigenvalue weighted by atomic mass is 10.0. The first kappa shape index (κ1) is 9.63. The van der Waals surface area contributed by atoms with E-state index in [1.54, 1.807) is 0 Å². The minimum absolute atomic E-state index is 0.0565. The van der Waals surface area contributed by atoms with E-state index in [4.69, 9.17) is 5.73 Å². The van der Waals surface area contributed by atoms with E-state index in [-0.39, 0.29) is 11.9 Å². The van der Waals surface area contributed by atoms with E-state index in [1.807, 2.05) is 0 Å². The third-order valence-corrected chi connectivity index (χ3v) is 2.46. The van der Waals surface area contributed by atoms with Gasteiger partial charge in [-0.1, -0.05) is 0 Å². The molecule has 1 aliphatic rings. The number of carbonyl (C=O) groups is 1. The van der Waals surface area contributed by atoms with Gasteiger partial charge in [0.25, 0.3) is 0 Å². The Kier molecular flexibility index (Phi) is 3.19. The summed E-state index contributed by atoms with van der Waals surface area (Å²) in [6.45, 7) is 1.05. The summed E-state index contributed by atoms with van der Waals surface area (Å²) in [7, 11) is 0. The quantitative estimate of drug-likeness (QED) is 0.546. The van der Waals surface area contributed by atoms with Gasteiger partial charge in [0, 0.05) is 19.1 Å². The number of nitrogens with zero attached hydrogens (tertiary/aromatic N) is 1. The summed E-state index contributed by atoms with van der Waals surface area (Å²) in [5.41, 5.74) is 5.34. The van der Waals surface area contributed by atoms with Gasteiger partial charge < -0.3 is 15.2 Å². The van der Waals surface area contributed by atoms with Crippen molar-refractivity contribution in [3.8, 4) is 0 Å². The smallest absolute Gasteiger partial charge is 0.234 e. The van der Waals surface area contributed by atoms with Crippen LogP contribution in [0.5, 0.6) is 0 Å². The van der Waals surface area contributed by atoms with Gasteiger partial charge >= 0.3 is 0 Å². The Labute approximate surface area is 73.2 Å². The molecule has 1 heterocycles. The van der Waals surface area contributed by atoms with Crippen LogP contribution < -0.4 is 5.73 Å². The lowest BCUT2D eigenvalue weighted by Gasteiger charge is -2.40. The molecular weight excluding hydrogens is 180 g/mol. The Hall–Kier alpha value is -0.460. The SMILES string of the molecule is NCC1CCN1C(=O)CS(=O)[O-]. The predicted molar refractivity (Wildman–Crippen MR) is 43.0 cm³/mol. The molecular formula is C6H11N2O3S-. The van der Waals surface area contributed by atoms with Crippen LogP contribution in [-0.2, 0) is 15.9 Å². The van der Waals surface area contributed by atoms with Gasteiger partial charge in [-0.2, -0.15) is 0 Å². The van der Waals surface area contributed by atoms with Gasteiger partial charge in [0.1, 0.15) is 0 Å². The van der Waals surface area contributed by atoms with Crippen LogP contribution in [-0.4, -0.2) is 44.5 Å². The number of amides is 1. The molecule has 2 N–H and O–H groups in total. The summed E-state index contributed by atoms with van der Waals surface area (Å²) < 4.78 is 20.3. The number of hydrogen-bond acceptors (Lipinski definition) is 4. The fourth-order valence-corrected chi connectivity index (χ4v) is 1.57. The summed E-state index contributed by atoms with van der Waals surface area (Å²) in [6.07, 6.45) is 0.883. The monoisotopic (exact) mass is 191 g/mol. The number of carbonyl (C=O) groups excluding carboxylic acids is 1. The van der Waals surface area contributed by atoms with Crippen LogP contribution >= 0.6 is 0 Å². The molecule has 12 heavy (non-hydrogen) atoms. The molecule has 1 aliphatic heterocycles. The molecule has 0 aromatic carbocycles. The minimum atomic E-state index is -2.28. The molecule has 2 atom stereocenters. The third kappa shape index (κ3) is 2.02. The minimum Gasteiger partial charge on any atom is -0.772 e. The number of rotatable bonds is 3. The van der Waals surface area contributed by atoms with Crippen LogP contribution in [0.15, 0.2) is 0 Å². The van der Waals surface area contributed by atoms with Crippen LogP contribution in [0.3, 0.4) is 0 Å². The molecule has 0 radical (unpaired) electrons. The average molecular weight is 191 g/mol. The molecule has 0 aliphatic carbocycles. The van der Waals surface area contributed by atoms with Crippen molar-refractivity contribution in [3.63, 3.8) is 0 Å². The molecule has 0 spiro atoms. The van der Waals surface area contributed by atoms with Crippen molar-refractivity contribution in [2.24, 2.45) is 5.73 Å². The molecule has 70 valence electrons. The summed E-state index contributed by atoms with van der Waals surface area (Å²) in [5, 5.41) is 0. The Bertz CT molecular complexity index is 207. The first-order valence-electron chi connectivity index (χ1n) is 3.70. The molecule has 1 saturated heterocycles. The van der Waals surface area contributed by atoms with E-state index in [0.717, 1.165) is 6.42 Å². The van der Waals surface area contributed by atoms with E-state index >= 15 is 0 Å². The molecule has 2 unspecified atom stereocenters. The van der Waals surface area contributed by atoms with Crippen molar-refractivity contribution in [1.82, 2.24) is 4.90 Å². The van der Waals surface area contributed by atoms with Crippen molar-refractivity contribution in [2.45, 2.75) is 12.5 Å². The first-order valence-corrected chi connectivity index (χ1v) is 4.95. The first-order chi connectivity index (χ1) is 5.65. The lowest BCUT2D eigenvalue weighted by Crippen LogP contribution is -2.55. The van der Waals surface area contributed by atoms with Gasteiger partial charge in [-0.3, -0.25) is 9.00 Å². The highest BCUT2D eigenvalue weighted by Crippen LogP contribution is 2.15. The Morgan fingerprint density at radius 2 is 2.42 bits per heavy atom. The van der Waals surface area contributed by atoms with E-state index in [2.05, 4.69) is 0 Å². The maximum absolute atomic E-state index is 11.1. The number of nitrogens with two attached hydrogens (primary N) is 1. The molecule has 6 heteroatoms. The highest BCUT2D eigenvalue weighted by molar-refractivity contribution is 7.79. The average Bonchev–Trinajstić information content (AvgIpc) is 1.83. The van der Waals surface area contributed by atoms with Crippen LogP contribution in [0.4, 0.5) is 0 Å². The topological polar surface area (TPSA) is 86.5 Å². The predicted octanol–water partition coefficient (Wildman–Crippen LogP) is -1.57. The van der Waals surface area contributed by atoms with Gasteiger partial charge in [-0.25, -0.2) is 0 Å². The zero-order valence-electron chi connectivity index (χ0n) is 6.56. The molecule has 1 amide bonds. The fourth-order valence-electron chi connectivity index (χ4n) is 1.20. The van der Waals surface area contributed by atoms with Gasteiger partial charge in [0.15, 0.2) is 0 Å². The van der Waals surface area contributed by atoms with Gasteiger partial charge in [0.05, 0.1) is 5.75 Å². The van der Waals surface area contributed by atoms with Gasteiger partial charge in [0.2, 0.25) is 5.91 Å². The highest BCUT2D eigenvalue weighted by Gasteiger charge is 2.30. The Morgan fingerprint density at radius 3 is 2.75 bits per heavy atom. The molecule has 0 saturated carbocycles. The van der Waals surface area contributed by atoms with Gasteiger partial charge in [-0.15, -0.1) is 0 Å². The maximum atomic E-state index is 11.1. The number of hydrogen-bond donors (Lipinski definition) is 1. The highest BCUT2D eigenvalue weighted by atomic mass is 32.2. The molecule has 1 fully saturated rings. The maximum Gasteiger partial charge on any atom is 0.234 e. The third-order valence-electron chi connectivity index (χ3n) is 1.98. The van der Waals surface area contributed by atoms with E-state index in [1.165, 1.54) is 4.90 Å². The van der Waals surface area contributed by atoms with Crippen LogP contribution in [0, 0.1) is 0 Å². The molecule has 0 aromatic rings. The summed E-state index contributed by atoms with van der Waals surface area (Å²) >= 11 is -2.28. The van der Waals surface area contributed by atoms with Crippen molar-refractivity contribution < 1.29 is 13.6 Å². The second kappa shape index (κ2) is 3.97. The zero-order valence-corrected chi connectivity index (χ0v) is 7.38. The molecule has 0 bridgehead atoms. The van der Waals surface area contributed by atoms with E-state index < -0.39 is 16.8 Å². The normalized spacial score (nSPS) is 24.8. The Morgan fingerprint density at radius 1 is 1.75 bits per heavy atom. The zero-order chi connectivity index (χ0) is 9.14. The van der Waals surface area contributed by atoms with Crippen LogP contribution in [0.2, 0.25) is 0 Å². The van der Waals surface area contributed by atoms with Crippen molar-refractivity contribution in [3.05, 3.63) is 0 Å². The van der Waals surface area contributed by atoms with Gasteiger partial charge in [-0.05, 0) is 17.5 Å². The lowest BCUT2D eigenvalue weighted by molar-refractivity contribution is -0.135. The second-order valence-corrected chi connectivity index (χ2v) is 3.61. The number of likely N-dealkylation sites (tertiary alicyclic amines) is 1. The summed E-state index contributed by atoms with van der Waals surface area (Å²) in [6, 6.07) is 0.0565. The van der Waals surface area contributed by atoms with Crippen LogP contribution in [0.1, 0.15) is 6.42 Å². The van der Waals surface area contributed by atoms with E-state index in [9.17, 15) is 13.6 Å². The Balaban J connectivity index is 2.37. The van der Waals surface area contributed by atoms with Crippen molar-refractivity contribution in [1.29, 1.82) is 0 Å². The fraction of sp³-hybridized carbons (Fsp3) is 0.833. The van der Waals surface area contributed by atoms with Crippen molar-refractivity contribution >= 4 is 17.0 Å². The molecule has 1 rings (SSSR count). The summed E-state index contributed by atoms with van der Waals surface area (Å²) in [5.74, 6) is -0.763. The van der Waals surface area contributed by atoms with E-state index in [0.29, 0.717) is 13.1 Å². The molecule has 0 aromatic heterocycles. The standard InChI is InChI=1S/C6H12N2O3S/c7-3-5-1-2-8(5)6(9)4-12(10)11/h5H,1-4,7H2,(H,10,11)/p-1. The summed E-state index contributed by atoms with van der Waals surface area (Å²) in [4.78, 5) is 12.6. The molecule has 5 nitrogen and oxygen atoms in total. The largest absolute Gasteiger partial charge is 0.772 e. The second-order valence-electron chi connectivity index (χ2n) is 2.71. The van der Waals surface area contributed by atoms with Crippen LogP contribution in [0.25, 0.3) is 0 Å².